The summed E-state index contributed by atoms with van der Waals surface area (Å²) in [5.41, 5.74) is 1.57. The SMILES string of the molecule is C[C@@H](Cc1ccc(F)cc1)C(=O)NC[C@@H]1CC(=O)N(C(C)(C)C)[C@H]1c1cnn(C)c1. The van der Waals surface area contributed by atoms with Crippen LogP contribution in [-0.4, -0.2) is 38.6 Å². The molecular weight excluding hydrogens is 383 g/mol. The Kier molecular flexibility index (Phi) is 6.29. The highest BCUT2D eigenvalue weighted by molar-refractivity contribution is 5.81. The lowest BCUT2D eigenvalue weighted by molar-refractivity contribution is -0.133. The van der Waals surface area contributed by atoms with Gasteiger partial charge in [-0.15, -0.1) is 0 Å². The van der Waals surface area contributed by atoms with E-state index in [4.69, 9.17) is 0 Å². The Labute approximate surface area is 177 Å². The number of aromatic nitrogens is 2. The Bertz CT molecular complexity index is 901. The Morgan fingerprint density at radius 2 is 1.97 bits per heavy atom. The molecule has 1 aromatic carbocycles. The first kappa shape index (κ1) is 22.0. The van der Waals surface area contributed by atoms with Crippen LogP contribution in [0, 0.1) is 17.7 Å². The molecule has 30 heavy (non-hydrogen) atoms. The van der Waals surface area contributed by atoms with Crippen molar-refractivity contribution in [1.29, 1.82) is 0 Å². The van der Waals surface area contributed by atoms with Crippen LogP contribution < -0.4 is 5.32 Å². The number of amides is 2. The fourth-order valence-corrected chi connectivity index (χ4v) is 4.26. The number of hydrogen-bond acceptors (Lipinski definition) is 3. The lowest BCUT2D eigenvalue weighted by Gasteiger charge is -2.38. The summed E-state index contributed by atoms with van der Waals surface area (Å²) >= 11 is 0. The molecule has 0 saturated carbocycles. The number of carbonyl (C=O) groups is 2. The van der Waals surface area contributed by atoms with Crippen LogP contribution in [0.4, 0.5) is 4.39 Å². The van der Waals surface area contributed by atoms with E-state index in [0.29, 0.717) is 19.4 Å². The molecule has 7 heteroatoms. The third-order valence-corrected chi connectivity index (χ3v) is 5.66. The van der Waals surface area contributed by atoms with Gasteiger partial charge in [0.1, 0.15) is 5.82 Å². The number of likely N-dealkylation sites (tertiary alicyclic amines) is 1. The van der Waals surface area contributed by atoms with E-state index in [0.717, 1.165) is 11.1 Å². The maximum absolute atomic E-state index is 13.1. The first-order chi connectivity index (χ1) is 14.1. The third kappa shape index (κ3) is 4.89. The fourth-order valence-electron chi connectivity index (χ4n) is 4.26. The molecule has 1 saturated heterocycles. The lowest BCUT2D eigenvalue weighted by Crippen LogP contribution is -2.45. The first-order valence-corrected chi connectivity index (χ1v) is 10.4. The van der Waals surface area contributed by atoms with Gasteiger partial charge in [0.25, 0.3) is 0 Å². The van der Waals surface area contributed by atoms with Gasteiger partial charge in [0.05, 0.1) is 12.2 Å². The van der Waals surface area contributed by atoms with Crippen LogP contribution in [0.25, 0.3) is 0 Å². The van der Waals surface area contributed by atoms with Crippen LogP contribution >= 0.6 is 0 Å². The smallest absolute Gasteiger partial charge is 0.223 e. The Hall–Kier alpha value is -2.70. The van der Waals surface area contributed by atoms with Crippen LogP contribution in [0.5, 0.6) is 0 Å². The summed E-state index contributed by atoms with van der Waals surface area (Å²) in [5, 5.41) is 7.31. The van der Waals surface area contributed by atoms with Crippen LogP contribution in [0.15, 0.2) is 36.7 Å². The van der Waals surface area contributed by atoms with Gasteiger partial charge in [-0.1, -0.05) is 19.1 Å². The molecule has 2 aromatic rings. The highest BCUT2D eigenvalue weighted by atomic mass is 19.1. The van der Waals surface area contributed by atoms with E-state index in [9.17, 15) is 14.0 Å². The van der Waals surface area contributed by atoms with Gasteiger partial charge in [-0.05, 0) is 44.9 Å². The number of nitrogens with zero attached hydrogens (tertiary/aromatic N) is 3. The number of rotatable bonds is 6. The van der Waals surface area contributed by atoms with Crippen molar-refractivity contribution in [1.82, 2.24) is 20.0 Å². The molecule has 1 aromatic heterocycles. The molecule has 1 fully saturated rings. The summed E-state index contributed by atoms with van der Waals surface area (Å²) in [7, 11) is 1.86. The molecule has 2 heterocycles. The van der Waals surface area contributed by atoms with Crippen LogP contribution in [0.3, 0.4) is 0 Å². The summed E-state index contributed by atoms with van der Waals surface area (Å²) < 4.78 is 14.8. The first-order valence-electron chi connectivity index (χ1n) is 10.4. The van der Waals surface area contributed by atoms with Crippen molar-refractivity contribution < 1.29 is 14.0 Å². The zero-order valence-electron chi connectivity index (χ0n) is 18.4. The second-order valence-electron chi connectivity index (χ2n) is 9.27. The average molecular weight is 415 g/mol. The molecule has 0 unspecified atom stereocenters. The van der Waals surface area contributed by atoms with Gasteiger partial charge in [0.2, 0.25) is 11.8 Å². The van der Waals surface area contributed by atoms with Crippen LogP contribution in [0.2, 0.25) is 0 Å². The predicted octanol–water partition coefficient (Wildman–Crippen LogP) is 3.24. The average Bonchev–Trinajstić information content (AvgIpc) is 3.23. The minimum absolute atomic E-state index is 0.0251. The molecule has 3 atom stereocenters. The fraction of sp³-hybridized carbons (Fsp3) is 0.522. The molecule has 2 amide bonds. The standard InChI is InChI=1S/C23H31FN4O2/c1-15(10-16-6-8-19(24)9-7-16)22(30)25-12-17-11-20(29)28(23(2,3)4)21(17)18-13-26-27(5)14-18/h6-9,13-15,17,21H,10-12H2,1-5H3,(H,25,30)/t15-,17-,21+/m0/s1. The van der Waals surface area contributed by atoms with E-state index in [1.54, 1.807) is 23.0 Å². The molecule has 0 aliphatic carbocycles. The van der Waals surface area contributed by atoms with Crippen LogP contribution in [-0.2, 0) is 23.1 Å². The molecule has 1 aliphatic heterocycles. The number of carbonyl (C=O) groups excluding carboxylic acids is 2. The summed E-state index contributed by atoms with van der Waals surface area (Å²) in [5.74, 6) is -0.529. The predicted molar refractivity (Wildman–Crippen MR) is 113 cm³/mol. The maximum atomic E-state index is 13.1. The van der Waals surface area contributed by atoms with Crippen molar-refractivity contribution in [3.05, 3.63) is 53.6 Å². The minimum Gasteiger partial charge on any atom is -0.355 e. The topological polar surface area (TPSA) is 67.2 Å². The zero-order chi connectivity index (χ0) is 22.1. The van der Waals surface area contributed by atoms with Crippen molar-refractivity contribution in [2.24, 2.45) is 18.9 Å². The number of aryl methyl sites for hydroxylation is 1. The van der Waals surface area contributed by atoms with E-state index < -0.39 is 0 Å². The summed E-state index contributed by atoms with van der Waals surface area (Å²) in [6, 6.07) is 6.09. The van der Waals surface area contributed by atoms with E-state index in [1.165, 1.54) is 12.1 Å². The molecule has 3 rings (SSSR count). The highest BCUT2D eigenvalue weighted by Crippen LogP contribution is 2.42. The molecule has 0 spiro atoms. The molecule has 6 nitrogen and oxygen atoms in total. The second kappa shape index (κ2) is 8.58. The van der Waals surface area contributed by atoms with Crippen molar-refractivity contribution >= 4 is 11.8 Å². The Morgan fingerprint density at radius 1 is 1.30 bits per heavy atom. The number of benzene rings is 1. The number of hydrogen-bond donors (Lipinski definition) is 1. The van der Waals surface area contributed by atoms with Gasteiger partial charge < -0.3 is 10.2 Å². The monoisotopic (exact) mass is 414 g/mol. The number of nitrogens with one attached hydrogen (secondary N) is 1. The largest absolute Gasteiger partial charge is 0.355 e. The molecule has 1 N–H and O–H groups in total. The van der Waals surface area contributed by atoms with Crippen molar-refractivity contribution in [2.75, 3.05) is 6.54 Å². The van der Waals surface area contributed by atoms with Crippen molar-refractivity contribution in [2.45, 2.75) is 52.1 Å². The summed E-state index contributed by atoms with van der Waals surface area (Å²) in [6.45, 7) is 8.36. The van der Waals surface area contributed by atoms with Gasteiger partial charge >= 0.3 is 0 Å². The van der Waals surface area contributed by atoms with Gasteiger partial charge in [0.15, 0.2) is 0 Å². The lowest BCUT2D eigenvalue weighted by atomic mass is 9.93. The second-order valence-corrected chi connectivity index (χ2v) is 9.27. The van der Waals surface area contributed by atoms with Crippen molar-refractivity contribution in [3.63, 3.8) is 0 Å². The molecule has 1 aliphatic rings. The van der Waals surface area contributed by atoms with E-state index in [2.05, 4.69) is 10.4 Å². The minimum atomic E-state index is -0.327. The molecule has 162 valence electrons. The maximum Gasteiger partial charge on any atom is 0.223 e. The molecule has 0 bridgehead atoms. The van der Waals surface area contributed by atoms with E-state index in [-0.39, 0.29) is 41.0 Å². The summed E-state index contributed by atoms with van der Waals surface area (Å²) in [4.78, 5) is 27.4. The van der Waals surface area contributed by atoms with Gasteiger partial charge in [-0.2, -0.15) is 5.10 Å². The van der Waals surface area contributed by atoms with Crippen LogP contribution in [0.1, 0.15) is 51.3 Å². The Morgan fingerprint density at radius 3 is 2.53 bits per heavy atom. The summed E-state index contributed by atoms with van der Waals surface area (Å²) in [6.07, 6.45) is 4.67. The van der Waals surface area contributed by atoms with Crippen molar-refractivity contribution in [3.8, 4) is 0 Å². The van der Waals surface area contributed by atoms with E-state index >= 15 is 0 Å². The van der Waals surface area contributed by atoms with Gasteiger partial charge in [-0.25, -0.2) is 4.39 Å². The zero-order valence-corrected chi connectivity index (χ0v) is 18.4. The van der Waals surface area contributed by atoms with Gasteiger partial charge in [-0.3, -0.25) is 14.3 Å². The normalized spacial score (nSPS) is 20.5. The highest BCUT2D eigenvalue weighted by Gasteiger charge is 2.45. The number of halogens is 1. The quantitative estimate of drug-likeness (QED) is 0.789. The third-order valence-electron chi connectivity index (χ3n) is 5.66. The Balaban J connectivity index is 1.68. The molecular formula is C23H31FN4O2. The van der Waals surface area contributed by atoms with E-state index in [1.807, 2.05) is 45.8 Å². The van der Waals surface area contributed by atoms with Gasteiger partial charge in [0, 0.05) is 49.1 Å². The molecule has 0 radical (unpaired) electrons.